The number of hydrogen-bond donors (Lipinski definition) is 1. The molecule has 2 aromatic heterocycles. The Bertz CT molecular complexity index is 1080. The van der Waals surface area contributed by atoms with Crippen LogP contribution in [0, 0.1) is 12.3 Å². The van der Waals surface area contributed by atoms with Crippen molar-refractivity contribution in [3.05, 3.63) is 66.7 Å². The van der Waals surface area contributed by atoms with Gasteiger partial charge in [0.25, 0.3) is 0 Å². The van der Waals surface area contributed by atoms with E-state index >= 15 is 0 Å². The summed E-state index contributed by atoms with van der Waals surface area (Å²) in [5.41, 5.74) is 2.71. The topological polar surface area (TPSA) is 59.8 Å². The zero-order valence-electron chi connectivity index (χ0n) is 15.3. The Balaban J connectivity index is 1.81. The van der Waals surface area contributed by atoms with E-state index in [1.807, 2.05) is 56.7 Å². The Kier molecular flexibility index (Phi) is 5.48. The van der Waals surface area contributed by atoms with Crippen molar-refractivity contribution in [2.75, 3.05) is 5.32 Å². The van der Waals surface area contributed by atoms with Crippen molar-refractivity contribution < 1.29 is 4.79 Å². The number of amides is 1. The van der Waals surface area contributed by atoms with Gasteiger partial charge in [-0.1, -0.05) is 36.3 Å². The van der Waals surface area contributed by atoms with Crippen LogP contribution in [-0.4, -0.2) is 20.7 Å². The third-order valence-corrected chi connectivity index (χ3v) is 4.05. The van der Waals surface area contributed by atoms with Crippen molar-refractivity contribution >= 4 is 22.5 Å². The minimum atomic E-state index is -0.195. The predicted molar refractivity (Wildman–Crippen MR) is 109 cm³/mol. The maximum absolute atomic E-state index is 12.2. The monoisotopic (exact) mass is 356 g/mol. The summed E-state index contributed by atoms with van der Waals surface area (Å²) in [6.07, 6.45) is 16.5. The molecule has 0 radical (unpaired) electrons. The molecule has 0 atom stereocenters. The minimum absolute atomic E-state index is 0.135. The molecule has 134 valence electrons. The molecule has 0 fully saturated rings. The fourth-order valence-electron chi connectivity index (χ4n) is 2.69. The van der Waals surface area contributed by atoms with Gasteiger partial charge in [0.1, 0.15) is 5.82 Å². The number of hydrogen-bond acceptors (Lipinski definition) is 3. The number of carbonyl (C=O) groups is 1. The van der Waals surface area contributed by atoms with Gasteiger partial charge in [0.15, 0.2) is 0 Å². The molecule has 0 saturated carbocycles. The maximum atomic E-state index is 12.2. The Labute approximate surface area is 158 Å². The summed E-state index contributed by atoms with van der Waals surface area (Å²) in [4.78, 5) is 16.6. The van der Waals surface area contributed by atoms with E-state index in [9.17, 15) is 4.79 Å². The van der Waals surface area contributed by atoms with Gasteiger partial charge in [0.05, 0.1) is 12.6 Å². The first kappa shape index (κ1) is 18.2. The Morgan fingerprint density at radius 1 is 1.26 bits per heavy atom. The van der Waals surface area contributed by atoms with E-state index in [1.165, 1.54) is 0 Å². The molecule has 1 aromatic carbocycles. The number of benzene rings is 1. The Morgan fingerprint density at radius 3 is 2.81 bits per heavy atom. The van der Waals surface area contributed by atoms with Crippen LogP contribution >= 0.6 is 0 Å². The average Bonchev–Trinajstić information content (AvgIpc) is 3.11. The lowest BCUT2D eigenvalue weighted by atomic mass is 10.1. The number of rotatable bonds is 5. The van der Waals surface area contributed by atoms with Gasteiger partial charge >= 0.3 is 0 Å². The molecule has 0 spiro atoms. The van der Waals surface area contributed by atoms with E-state index in [0.717, 1.165) is 21.9 Å². The lowest BCUT2D eigenvalue weighted by molar-refractivity contribution is -0.115. The number of aromatic nitrogens is 3. The molecule has 5 heteroatoms. The number of nitrogens with one attached hydrogen (secondary N) is 1. The fourth-order valence-corrected chi connectivity index (χ4v) is 2.69. The number of anilines is 1. The second kappa shape index (κ2) is 8.15. The molecule has 0 aliphatic rings. The molecular weight excluding hydrogens is 336 g/mol. The summed E-state index contributed by atoms with van der Waals surface area (Å²) in [6, 6.07) is 7.96. The summed E-state index contributed by atoms with van der Waals surface area (Å²) in [5, 5.41) is 9.01. The Hall–Kier alpha value is -3.65. The number of carbonyl (C=O) groups excluding carboxylic acids is 1. The highest BCUT2D eigenvalue weighted by Gasteiger charge is 2.07. The fraction of sp³-hybridized carbons (Fsp3) is 0.136. The van der Waals surface area contributed by atoms with Crippen molar-refractivity contribution in [3.63, 3.8) is 0 Å². The molecule has 0 unspecified atom stereocenters. The molecule has 3 rings (SSSR count). The SMILES string of the molecule is C#C/C(=C\C=C/C)CC(=O)Nc1cc2cc(-c3cnn(C)c3)ccc2cn1. The lowest BCUT2D eigenvalue weighted by Gasteiger charge is -2.07. The second-order valence-electron chi connectivity index (χ2n) is 6.12. The van der Waals surface area contributed by atoms with Crippen LogP contribution in [-0.2, 0) is 11.8 Å². The van der Waals surface area contributed by atoms with E-state index in [4.69, 9.17) is 6.42 Å². The first-order valence-electron chi connectivity index (χ1n) is 8.56. The highest BCUT2D eigenvalue weighted by molar-refractivity contribution is 5.95. The average molecular weight is 356 g/mol. The first-order valence-corrected chi connectivity index (χ1v) is 8.56. The summed E-state index contributed by atoms with van der Waals surface area (Å²) < 4.78 is 1.77. The van der Waals surface area contributed by atoms with Crippen LogP contribution in [0.1, 0.15) is 13.3 Å². The van der Waals surface area contributed by atoms with E-state index in [0.29, 0.717) is 11.4 Å². The third-order valence-electron chi connectivity index (χ3n) is 4.05. The van der Waals surface area contributed by atoms with Gasteiger partial charge in [-0.25, -0.2) is 4.98 Å². The third kappa shape index (κ3) is 4.50. The van der Waals surface area contributed by atoms with Crippen molar-refractivity contribution in [3.8, 4) is 23.5 Å². The number of allylic oxidation sites excluding steroid dienone is 3. The largest absolute Gasteiger partial charge is 0.310 e. The van der Waals surface area contributed by atoms with E-state index in [1.54, 1.807) is 17.0 Å². The molecule has 5 nitrogen and oxygen atoms in total. The quantitative estimate of drug-likeness (QED) is 0.553. The lowest BCUT2D eigenvalue weighted by Crippen LogP contribution is -2.12. The van der Waals surface area contributed by atoms with Gasteiger partial charge in [0.2, 0.25) is 5.91 Å². The van der Waals surface area contributed by atoms with Crippen LogP contribution in [0.2, 0.25) is 0 Å². The molecule has 0 aliphatic heterocycles. The van der Waals surface area contributed by atoms with Crippen LogP contribution in [0.15, 0.2) is 66.7 Å². The molecule has 0 saturated heterocycles. The predicted octanol–water partition coefficient (Wildman–Crippen LogP) is 4.10. The minimum Gasteiger partial charge on any atom is -0.310 e. The summed E-state index contributed by atoms with van der Waals surface area (Å²) in [5.74, 6) is 2.83. The molecule has 0 aliphatic carbocycles. The van der Waals surface area contributed by atoms with Crippen molar-refractivity contribution in [2.45, 2.75) is 13.3 Å². The standard InChI is InChI=1S/C22H20N4O/c1-4-6-7-16(5-2)10-22(27)25-21-12-19-11-17(8-9-18(19)13-23-21)20-14-24-26(3)15-20/h2,4,6-9,11-15H,10H2,1,3H3,(H,23,25,27)/b6-4-,16-7+. The summed E-state index contributed by atoms with van der Waals surface area (Å²) in [7, 11) is 1.89. The number of nitrogens with zero attached hydrogens (tertiary/aromatic N) is 3. The first-order chi connectivity index (χ1) is 13.1. The van der Waals surface area contributed by atoms with Gasteiger partial charge in [-0.15, -0.1) is 6.42 Å². The zero-order chi connectivity index (χ0) is 19.2. The van der Waals surface area contributed by atoms with Gasteiger partial charge in [0, 0.05) is 36.0 Å². The van der Waals surface area contributed by atoms with E-state index < -0.39 is 0 Å². The van der Waals surface area contributed by atoms with E-state index in [2.05, 4.69) is 27.4 Å². The molecular formula is C22H20N4O. The van der Waals surface area contributed by atoms with Gasteiger partial charge in [-0.3, -0.25) is 9.48 Å². The van der Waals surface area contributed by atoms with Crippen LogP contribution in [0.4, 0.5) is 5.82 Å². The number of pyridine rings is 1. The van der Waals surface area contributed by atoms with Crippen LogP contribution in [0.25, 0.3) is 21.9 Å². The zero-order valence-corrected chi connectivity index (χ0v) is 15.3. The molecule has 1 amide bonds. The number of fused-ring (bicyclic) bond motifs is 1. The maximum Gasteiger partial charge on any atom is 0.230 e. The van der Waals surface area contributed by atoms with E-state index in [-0.39, 0.29) is 12.3 Å². The van der Waals surface area contributed by atoms with Gasteiger partial charge < -0.3 is 5.32 Å². The Morgan fingerprint density at radius 2 is 2.11 bits per heavy atom. The smallest absolute Gasteiger partial charge is 0.230 e. The van der Waals surface area contributed by atoms with Crippen molar-refractivity contribution in [1.29, 1.82) is 0 Å². The highest BCUT2D eigenvalue weighted by atomic mass is 16.1. The summed E-state index contributed by atoms with van der Waals surface area (Å²) in [6.45, 7) is 1.89. The summed E-state index contributed by atoms with van der Waals surface area (Å²) >= 11 is 0. The van der Waals surface area contributed by atoms with Gasteiger partial charge in [-0.2, -0.15) is 5.10 Å². The highest BCUT2D eigenvalue weighted by Crippen LogP contribution is 2.25. The molecule has 2 heterocycles. The normalized spacial score (nSPS) is 11.7. The molecule has 1 N–H and O–H groups in total. The van der Waals surface area contributed by atoms with Crippen molar-refractivity contribution in [2.24, 2.45) is 7.05 Å². The number of terminal acetylenes is 1. The number of aryl methyl sites for hydroxylation is 1. The van der Waals surface area contributed by atoms with Crippen LogP contribution in [0.3, 0.4) is 0 Å². The van der Waals surface area contributed by atoms with Crippen molar-refractivity contribution in [1.82, 2.24) is 14.8 Å². The van der Waals surface area contributed by atoms with Gasteiger partial charge in [-0.05, 0) is 30.0 Å². The van der Waals surface area contributed by atoms with Crippen LogP contribution in [0.5, 0.6) is 0 Å². The molecule has 27 heavy (non-hydrogen) atoms. The molecule has 0 bridgehead atoms. The van der Waals surface area contributed by atoms with Crippen LogP contribution < -0.4 is 5.32 Å². The second-order valence-corrected chi connectivity index (χ2v) is 6.12. The molecule has 3 aromatic rings.